The van der Waals surface area contributed by atoms with Gasteiger partial charge in [-0.05, 0) is 43.5 Å². The van der Waals surface area contributed by atoms with E-state index < -0.39 is 5.91 Å². The summed E-state index contributed by atoms with van der Waals surface area (Å²) >= 11 is 12.2. The third-order valence-corrected chi connectivity index (χ3v) is 5.22. The van der Waals surface area contributed by atoms with Crippen molar-refractivity contribution in [3.63, 3.8) is 0 Å². The van der Waals surface area contributed by atoms with E-state index in [1.165, 1.54) is 12.8 Å². The van der Waals surface area contributed by atoms with Crippen molar-refractivity contribution in [1.82, 2.24) is 5.32 Å². The van der Waals surface area contributed by atoms with Gasteiger partial charge in [0.05, 0.1) is 5.69 Å². The molecule has 0 radical (unpaired) electrons. The van der Waals surface area contributed by atoms with Crippen LogP contribution in [0.2, 0.25) is 5.02 Å². The first-order chi connectivity index (χ1) is 11.5. The van der Waals surface area contributed by atoms with Crippen molar-refractivity contribution in [3.8, 4) is 0 Å². The van der Waals surface area contributed by atoms with Gasteiger partial charge in [-0.3, -0.25) is 9.59 Å². The second-order valence-electron chi connectivity index (χ2n) is 6.40. The van der Waals surface area contributed by atoms with E-state index in [0.29, 0.717) is 10.7 Å². The summed E-state index contributed by atoms with van der Waals surface area (Å²) in [5.41, 5.74) is 1.50. The highest BCUT2D eigenvalue weighted by Crippen LogP contribution is 2.32. The van der Waals surface area contributed by atoms with Crippen LogP contribution in [-0.4, -0.2) is 17.9 Å². The number of benzene rings is 1. The molecule has 1 aliphatic heterocycles. The van der Waals surface area contributed by atoms with E-state index in [9.17, 15) is 9.59 Å². The average molecular weight is 367 g/mol. The van der Waals surface area contributed by atoms with Crippen molar-refractivity contribution >= 4 is 40.7 Å². The maximum absolute atomic E-state index is 12.8. The third-order valence-electron chi connectivity index (χ3n) is 4.63. The van der Waals surface area contributed by atoms with Crippen LogP contribution in [0.5, 0.6) is 0 Å². The molecule has 0 spiro atoms. The summed E-state index contributed by atoms with van der Waals surface area (Å²) in [6, 6.07) is 5.25. The molecule has 128 valence electrons. The van der Waals surface area contributed by atoms with Crippen molar-refractivity contribution < 1.29 is 9.59 Å². The van der Waals surface area contributed by atoms with Crippen LogP contribution in [0.25, 0.3) is 0 Å². The molecule has 6 heteroatoms. The number of hydrogen-bond acceptors (Lipinski definition) is 3. The van der Waals surface area contributed by atoms with Crippen molar-refractivity contribution in [2.75, 3.05) is 4.90 Å². The van der Waals surface area contributed by atoms with E-state index in [4.69, 9.17) is 23.2 Å². The smallest absolute Gasteiger partial charge is 0.283 e. The molecule has 2 amide bonds. The van der Waals surface area contributed by atoms with Gasteiger partial charge in [0.2, 0.25) is 0 Å². The minimum absolute atomic E-state index is 0.0291. The van der Waals surface area contributed by atoms with Gasteiger partial charge in [-0.2, -0.15) is 0 Å². The van der Waals surface area contributed by atoms with Crippen LogP contribution in [0, 0.1) is 6.92 Å². The number of amides is 2. The van der Waals surface area contributed by atoms with E-state index >= 15 is 0 Å². The SMILES string of the molecule is Cc1cc(Cl)ccc1N1C(=O)C(Cl)=C(NC2CCCCCC2)C1=O. The number of carbonyl (C=O) groups is 2. The van der Waals surface area contributed by atoms with Crippen LogP contribution in [0.3, 0.4) is 0 Å². The topological polar surface area (TPSA) is 49.4 Å². The number of carbonyl (C=O) groups excluding carboxylic acids is 2. The Morgan fingerprint density at radius 1 is 1.04 bits per heavy atom. The van der Waals surface area contributed by atoms with Gasteiger partial charge >= 0.3 is 0 Å². The minimum Gasteiger partial charge on any atom is -0.376 e. The van der Waals surface area contributed by atoms with Gasteiger partial charge < -0.3 is 5.32 Å². The van der Waals surface area contributed by atoms with Gasteiger partial charge in [-0.25, -0.2) is 4.90 Å². The zero-order valence-corrected chi connectivity index (χ0v) is 15.1. The molecule has 0 bridgehead atoms. The third kappa shape index (κ3) is 3.31. The average Bonchev–Trinajstić information content (AvgIpc) is 2.76. The number of imide groups is 1. The normalized spacial score (nSPS) is 19.9. The van der Waals surface area contributed by atoms with Crippen molar-refractivity contribution in [2.24, 2.45) is 0 Å². The predicted molar refractivity (Wildman–Crippen MR) is 96.2 cm³/mol. The predicted octanol–water partition coefficient (Wildman–Crippen LogP) is 4.28. The first kappa shape index (κ1) is 17.3. The fourth-order valence-electron chi connectivity index (χ4n) is 3.34. The molecule has 0 saturated heterocycles. The Bertz CT molecular complexity index is 707. The minimum atomic E-state index is -0.483. The molecule has 24 heavy (non-hydrogen) atoms. The van der Waals surface area contributed by atoms with Gasteiger partial charge in [0.1, 0.15) is 10.7 Å². The van der Waals surface area contributed by atoms with Crippen molar-refractivity contribution in [1.29, 1.82) is 0 Å². The number of anilines is 1. The number of hydrogen-bond donors (Lipinski definition) is 1. The largest absolute Gasteiger partial charge is 0.376 e. The van der Waals surface area contributed by atoms with Crippen LogP contribution in [-0.2, 0) is 9.59 Å². The monoisotopic (exact) mass is 366 g/mol. The Hall–Kier alpha value is -1.52. The molecule has 2 aliphatic rings. The van der Waals surface area contributed by atoms with Crippen LogP contribution >= 0.6 is 23.2 Å². The Morgan fingerprint density at radius 2 is 1.71 bits per heavy atom. The lowest BCUT2D eigenvalue weighted by molar-refractivity contribution is -0.120. The highest BCUT2D eigenvalue weighted by Gasteiger charge is 2.40. The van der Waals surface area contributed by atoms with Gasteiger partial charge in [-0.15, -0.1) is 0 Å². The van der Waals surface area contributed by atoms with E-state index in [1.54, 1.807) is 18.2 Å². The quantitative estimate of drug-likeness (QED) is 0.641. The standard InChI is InChI=1S/C18H20Cl2N2O2/c1-11-10-12(19)8-9-14(11)22-17(23)15(20)16(18(22)24)21-13-6-4-2-3-5-7-13/h8-10,13,21H,2-7H2,1H3. The summed E-state index contributed by atoms with van der Waals surface area (Å²) in [4.78, 5) is 26.4. The molecular weight excluding hydrogens is 347 g/mol. The molecule has 1 saturated carbocycles. The number of aryl methyl sites for hydroxylation is 1. The van der Waals surface area contributed by atoms with Crippen LogP contribution in [0.15, 0.2) is 28.9 Å². The Kier molecular flexibility index (Phi) is 5.16. The summed E-state index contributed by atoms with van der Waals surface area (Å²) in [7, 11) is 0. The van der Waals surface area contributed by atoms with Crippen LogP contribution in [0.4, 0.5) is 5.69 Å². The number of nitrogens with zero attached hydrogens (tertiary/aromatic N) is 1. The fourth-order valence-corrected chi connectivity index (χ4v) is 3.79. The first-order valence-corrected chi connectivity index (χ1v) is 9.06. The zero-order valence-electron chi connectivity index (χ0n) is 13.6. The number of halogens is 2. The number of nitrogens with one attached hydrogen (secondary N) is 1. The molecule has 0 unspecified atom stereocenters. The van der Waals surface area contributed by atoms with E-state index in [-0.39, 0.29) is 22.7 Å². The van der Waals surface area contributed by atoms with Gasteiger partial charge in [0.25, 0.3) is 11.8 Å². The zero-order chi connectivity index (χ0) is 17.3. The lowest BCUT2D eigenvalue weighted by atomic mass is 10.1. The van der Waals surface area contributed by atoms with Crippen molar-refractivity contribution in [2.45, 2.75) is 51.5 Å². The molecule has 3 rings (SSSR count). The lowest BCUT2D eigenvalue weighted by Crippen LogP contribution is -2.37. The van der Waals surface area contributed by atoms with Crippen molar-refractivity contribution in [3.05, 3.63) is 39.5 Å². The molecule has 1 N–H and O–H groups in total. The lowest BCUT2D eigenvalue weighted by Gasteiger charge is -2.20. The molecule has 4 nitrogen and oxygen atoms in total. The Labute approximate surface area is 151 Å². The summed E-state index contributed by atoms with van der Waals surface area (Å²) in [6.07, 6.45) is 6.68. The number of rotatable bonds is 3. The molecule has 0 aromatic heterocycles. The molecule has 1 fully saturated rings. The van der Waals surface area contributed by atoms with Gasteiger partial charge in [-0.1, -0.05) is 48.9 Å². The molecule has 1 aromatic carbocycles. The maximum Gasteiger partial charge on any atom is 0.283 e. The van der Waals surface area contributed by atoms with E-state index in [0.717, 1.165) is 36.1 Å². The second kappa shape index (κ2) is 7.16. The molecule has 1 aliphatic carbocycles. The summed E-state index contributed by atoms with van der Waals surface area (Å²) < 4.78 is 0. The highest BCUT2D eigenvalue weighted by atomic mass is 35.5. The second-order valence-corrected chi connectivity index (χ2v) is 7.21. The first-order valence-electron chi connectivity index (χ1n) is 8.30. The van der Waals surface area contributed by atoms with Gasteiger partial charge in [0.15, 0.2) is 0 Å². The molecule has 0 atom stereocenters. The Balaban J connectivity index is 1.84. The van der Waals surface area contributed by atoms with E-state index in [2.05, 4.69) is 5.32 Å². The van der Waals surface area contributed by atoms with Crippen LogP contribution in [0.1, 0.15) is 44.1 Å². The summed E-state index contributed by atoms with van der Waals surface area (Å²) in [6.45, 7) is 1.81. The van der Waals surface area contributed by atoms with E-state index in [1.807, 2.05) is 6.92 Å². The Morgan fingerprint density at radius 3 is 2.33 bits per heavy atom. The van der Waals surface area contributed by atoms with Gasteiger partial charge in [0, 0.05) is 11.1 Å². The molecule has 1 heterocycles. The maximum atomic E-state index is 12.8. The fraction of sp³-hybridized carbons (Fsp3) is 0.444. The van der Waals surface area contributed by atoms with Crippen LogP contribution < -0.4 is 10.2 Å². The summed E-state index contributed by atoms with van der Waals surface area (Å²) in [5, 5.41) is 3.76. The summed E-state index contributed by atoms with van der Waals surface area (Å²) in [5.74, 6) is -0.872. The molecular formula is C18H20Cl2N2O2. The highest BCUT2D eigenvalue weighted by molar-refractivity contribution is 6.52. The molecule has 1 aromatic rings.